The summed E-state index contributed by atoms with van der Waals surface area (Å²) in [5, 5.41) is 2.66. The standard InChI is InChI=1S/C13H15NO4S/c1-13(2,19(3,17)18)12(16)8-4-5-10-9(6-8)7-11(15)14-10/h4-6H,7H2,1-3H3,(H,14,15). The van der Waals surface area contributed by atoms with E-state index in [1.165, 1.54) is 13.8 Å². The maximum absolute atomic E-state index is 12.3. The van der Waals surface area contributed by atoms with Crippen LogP contribution in [0.2, 0.25) is 0 Å². The van der Waals surface area contributed by atoms with E-state index in [1.54, 1.807) is 18.2 Å². The predicted molar refractivity (Wildman–Crippen MR) is 72.0 cm³/mol. The molecule has 0 aromatic heterocycles. The third-order valence-corrected chi connectivity index (χ3v) is 5.51. The fourth-order valence-corrected chi connectivity index (χ4v) is 2.34. The molecule has 0 unspecified atom stereocenters. The topological polar surface area (TPSA) is 80.3 Å². The molecule has 1 aliphatic heterocycles. The molecule has 102 valence electrons. The van der Waals surface area contributed by atoms with Gasteiger partial charge in [-0.15, -0.1) is 0 Å². The summed E-state index contributed by atoms with van der Waals surface area (Å²) in [6.07, 6.45) is 1.26. The quantitative estimate of drug-likeness (QED) is 0.844. The number of hydrogen-bond donors (Lipinski definition) is 1. The second kappa shape index (κ2) is 4.16. The predicted octanol–water partition coefficient (Wildman–Crippen LogP) is 1.19. The van der Waals surface area contributed by atoms with E-state index in [-0.39, 0.29) is 12.3 Å². The van der Waals surface area contributed by atoms with Crippen molar-refractivity contribution in [3.05, 3.63) is 29.3 Å². The summed E-state index contributed by atoms with van der Waals surface area (Å²) < 4.78 is 21.9. The van der Waals surface area contributed by atoms with Crippen LogP contribution in [-0.4, -0.2) is 31.1 Å². The highest BCUT2D eigenvalue weighted by atomic mass is 32.2. The Morgan fingerprint density at radius 3 is 2.53 bits per heavy atom. The van der Waals surface area contributed by atoms with Gasteiger partial charge in [-0.3, -0.25) is 9.59 Å². The van der Waals surface area contributed by atoms with E-state index in [1.807, 2.05) is 0 Å². The molecule has 1 heterocycles. The molecule has 0 spiro atoms. The monoisotopic (exact) mass is 281 g/mol. The van der Waals surface area contributed by atoms with Crippen LogP contribution in [0.5, 0.6) is 0 Å². The highest BCUT2D eigenvalue weighted by Gasteiger charge is 2.39. The first kappa shape index (κ1) is 13.7. The van der Waals surface area contributed by atoms with Crippen molar-refractivity contribution in [3.8, 4) is 0 Å². The first-order valence-electron chi connectivity index (χ1n) is 5.80. The zero-order valence-corrected chi connectivity index (χ0v) is 11.8. The van der Waals surface area contributed by atoms with Gasteiger partial charge < -0.3 is 5.32 Å². The summed E-state index contributed by atoms with van der Waals surface area (Å²) in [5.41, 5.74) is 1.71. The minimum absolute atomic E-state index is 0.123. The van der Waals surface area contributed by atoms with Crippen molar-refractivity contribution in [3.63, 3.8) is 0 Å². The first-order valence-corrected chi connectivity index (χ1v) is 7.69. The fraction of sp³-hybridized carbons (Fsp3) is 0.385. The lowest BCUT2D eigenvalue weighted by Crippen LogP contribution is -2.39. The van der Waals surface area contributed by atoms with Crippen LogP contribution in [0.25, 0.3) is 0 Å². The number of amides is 1. The number of ketones is 1. The largest absolute Gasteiger partial charge is 0.326 e. The molecule has 1 aliphatic rings. The van der Waals surface area contributed by atoms with Crippen LogP contribution in [0.3, 0.4) is 0 Å². The second-order valence-corrected chi connectivity index (χ2v) is 7.77. The van der Waals surface area contributed by atoms with Crippen LogP contribution in [-0.2, 0) is 21.1 Å². The molecule has 0 saturated carbocycles. The minimum atomic E-state index is -3.51. The molecule has 0 atom stereocenters. The molecule has 5 nitrogen and oxygen atoms in total. The van der Waals surface area contributed by atoms with Crippen LogP contribution >= 0.6 is 0 Å². The van der Waals surface area contributed by atoms with Crippen LogP contribution in [0.4, 0.5) is 5.69 Å². The van der Waals surface area contributed by atoms with Gasteiger partial charge in [0.15, 0.2) is 15.6 Å². The Labute approximate surface area is 111 Å². The number of carbonyl (C=O) groups is 2. The van der Waals surface area contributed by atoms with E-state index < -0.39 is 20.4 Å². The number of rotatable bonds is 3. The Hall–Kier alpha value is -1.69. The Kier molecular flexibility index (Phi) is 3.01. The maximum atomic E-state index is 12.3. The Morgan fingerprint density at radius 2 is 1.95 bits per heavy atom. The van der Waals surface area contributed by atoms with Crippen LogP contribution in [0.1, 0.15) is 29.8 Å². The van der Waals surface area contributed by atoms with Gasteiger partial charge in [-0.05, 0) is 37.6 Å². The van der Waals surface area contributed by atoms with Gasteiger partial charge in [-0.2, -0.15) is 0 Å². The summed E-state index contributed by atoms with van der Waals surface area (Å²) in [4.78, 5) is 23.6. The first-order chi connectivity index (χ1) is 8.63. The Morgan fingerprint density at radius 1 is 1.32 bits per heavy atom. The van der Waals surface area contributed by atoms with Crippen molar-refractivity contribution in [1.82, 2.24) is 0 Å². The number of sulfone groups is 1. The molecular weight excluding hydrogens is 266 g/mol. The number of carbonyl (C=O) groups excluding carboxylic acids is 2. The molecule has 6 heteroatoms. The average Bonchev–Trinajstić information content (AvgIpc) is 2.65. The summed E-state index contributed by atoms with van der Waals surface area (Å²) in [6.45, 7) is 2.78. The molecule has 0 bridgehead atoms. The van der Waals surface area contributed by atoms with Crippen LogP contribution in [0, 0.1) is 0 Å². The molecule has 1 N–H and O–H groups in total. The molecule has 2 rings (SSSR count). The van der Waals surface area contributed by atoms with Crippen molar-refractivity contribution in [2.24, 2.45) is 0 Å². The van der Waals surface area contributed by atoms with Crippen LogP contribution in [0.15, 0.2) is 18.2 Å². The van der Waals surface area contributed by atoms with E-state index in [4.69, 9.17) is 0 Å². The lowest BCUT2D eigenvalue weighted by molar-refractivity contribution is -0.115. The normalized spacial score (nSPS) is 15.0. The van der Waals surface area contributed by atoms with Gasteiger partial charge in [0.1, 0.15) is 4.75 Å². The van der Waals surface area contributed by atoms with Gasteiger partial charge in [-0.1, -0.05) is 0 Å². The van der Waals surface area contributed by atoms with Crippen molar-refractivity contribution in [1.29, 1.82) is 0 Å². The maximum Gasteiger partial charge on any atom is 0.228 e. The van der Waals surface area contributed by atoms with E-state index in [0.29, 0.717) is 11.3 Å². The van der Waals surface area contributed by atoms with Gasteiger partial charge in [-0.25, -0.2) is 8.42 Å². The van der Waals surface area contributed by atoms with Crippen molar-refractivity contribution in [2.45, 2.75) is 25.0 Å². The van der Waals surface area contributed by atoms with Gasteiger partial charge in [0.2, 0.25) is 5.91 Å². The number of Topliss-reactive ketones (excluding diaryl/α,β-unsaturated/α-hetero) is 1. The number of benzene rings is 1. The molecule has 1 aromatic rings. The second-order valence-electron chi connectivity index (χ2n) is 5.21. The lowest BCUT2D eigenvalue weighted by Gasteiger charge is -2.21. The average molecular weight is 281 g/mol. The smallest absolute Gasteiger partial charge is 0.228 e. The molecule has 19 heavy (non-hydrogen) atoms. The van der Waals surface area contributed by atoms with Crippen molar-refractivity contribution in [2.75, 3.05) is 11.6 Å². The molecule has 1 amide bonds. The molecule has 0 saturated heterocycles. The Bertz CT molecular complexity index is 674. The molecule has 1 aromatic carbocycles. The van der Waals surface area contributed by atoms with E-state index in [2.05, 4.69) is 5.32 Å². The minimum Gasteiger partial charge on any atom is -0.326 e. The van der Waals surface area contributed by atoms with Crippen molar-refractivity contribution < 1.29 is 18.0 Å². The van der Waals surface area contributed by atoms with Crippen LogP contribution < -0.4 is 5.32 Å². The summed E-state index contributed by atoms with van der Waals surface area (Å²) in [5.74, 6) is -0.584. The highest BCUT2D eigenvalue weighted by Crippen LogP contribution is 2.27. The molecule has 0 radical (unpaired) electrons. The summed E-state index contributed by atoms with van der Waals surface area (Å²) in [7, 11) is -3.51. The van der Waals surface area contributed by atoms with E-state index in [9.17, 15) is 18.0 Å². The SMILES string of the molecule is CC(C)(C(=O)c1ccc2c(c1)CC(=O)N2)S(C)(=O)=O. The third-order valence-electron chi connectivity index (χ3n) is 3.47. The number of anilines is 1. The van der Waals surface area contributed by atoms with Crippen molar-refractivity contribution >= 4 is 27.2 Å². The zero-order chi connectivity index (χ0) is 14.4. The zero-order valence-electron chi connectivity index (χ0n) is 11.0. The fourth-order valence-electron chi connectivity index (χ4n) is 1.89. The van der Waals surface area contributed by atoms with E-state index >= 15 is 0 Å². The van der Waals surface area contributed by atoms with Gasteiger partial charge in [0, 0.05) is 17.5 Å². The number of nitrogens with one attached hydrogen (secondary N) is 1. The van der Waals surface area contributed by atoms with E-state index in [0.717, 1.165) is 11.8 Å². The van der Waals surface area contributed by atoms with Gasteiger partial charge >= 0.3 is 0 Å². The lowest BCUT2D eigenvalue weighted by atomic mass is 9.98. The van der Waals surface area contributed by atoms with Gasteiger partial charge in [0.05, 0.1) is 6.42 Å². The summed E-state index contributed by atoms with van der Waals surface area (Å²) in [6, 6.07) is 4.76. The summed E-state index contributed by atoms with van der Waals surface area (Å²) >= 11 is 0. The molecule has 0 fully saturated rings. The molecule has 0 aliphatic carbocycles. The van der Waals surface area contributed by atoms with Gasteiger partial charge in [0.25, 0.3) is 0 Å². The number of hydrogen-bond acceptors (Lipinski definition) is 4. The highest BCUT2D eigenvalue weighted by molar-refractivity contribution is 7.92. The number of fused-ring (bicyclic) bond motifs is 1. The Balaban J connectivity index is 2.42. The third kappa shape index (κ3) is 2.28. The molecular formula is C13H15NO4S.